The number of aliphatic hydroxyl groups excluding tert-OH is 14. The van der Waals surface area contributed by atoms with E-state index in [1.165, 1.54) is 63.3 Å². The number of hydrogen-bond acceptors (Lipinski definition) is 26. The Morgan fingerprint density at radius 3 is 1.49 bits per heavy atom. The number of thioether (sulfide) groups is 1. The predicted molar refractivity (Wildman–Crippen MR) is 528 cm³/mol. The third-order valence-corrected chi connectivity index (χ3v) is 23.5. The van der Waals surface area contributed by atoms with Crippen LogP contribution >= 0.6 is 11.8 Å². The number of imidazole rings is 1. The van der Waals surface area contributed by atoms with E-state index in [1.54, 1.807) is 67.0 Å². The van der Waals surface area contributed by atoms with E-state index in [9.17, 15) is 111 Å². The highest BCUT2D eigenvalue weighted by molar-refractivity contribution is 7.98. The molecule has 0 saturated carbocycles. The monoisotopic (exact) mass is 1960 g/mol. The van der Waals surface area contributed by atoms with Crippen LogP contribution in [0.5, 0.6) is 5.75 Å². The van der Waals surface area contributed by atoms with E-state index in [0.717, 1.165) is 0 Å². The molecule has 756 valence electrons. The minimum absolute atomic E-state index is 0.0122. The summed E-state index contributed by atoms with van der Waals surface area (Å²) in [6.07, 6.45) is 5.03. The summed E-state index contributed by atoms with van der Waals surface area (Å²) in [7, 11) is 0. The van der Waals surface area contributed by atoms with E-state index < -0.39 is 229 Å². The molecule has 14 unspecified atom stereocenters. The highest BCUT2D eigenvalue weighted by Crippen LogP contribution is 2.30. The molecule has 3 fully saturated rings. The highest BCUT2D eigenvalue weighted by Gasteiger charge is 2.44. The van der Waals surface area contributed by atoms with Gasteiger partial charge in [-0.1, -0.05) is 60.7 Å². The Balaban J connectivity index is 1.13. The van der Waals surface area contributed by atoms with Gasteiger partial charge < -0.3 is 145 Å². The zero-order chi connectivity index (χ0) is 101. The zero-order valence-electron chi connectivity index (χ0n) is 76.8. The molecule has 14 atom stereocenters. The summed E-state index contributed by atoms with van der Waals surface area (Å²) >= 11 is 1.29. The number of benzene rings is 3. The van der Waals surface area contributed by atoms with Crippen LogP contribution in [0, 0.1) is 16.2 Å². The van der Waals surface area contributed by atoms with E-state index in [0.29, 0.717) is 66.1 Å². The van der Waals surface area contributed by atoms with Crippen LogP contribution in [-0.2, 0) is 49.7 Å². The Hall–Kier alpha value is -14.6. The molecule has 139 heavy (non-hydrogen) atoms. The van der Waals surface area contributed by atoms with Crippen LogP contribution in [-0.4, -0.2) is 390 Å². The molecule has 49 nitrogen and oxygen atoms in total. The molecule has 5 aromatic rings. The van der Waals surface area contributed by atoms with E-state index in [4.69, 9.17) is 39.2 Å². The number of para-hydroxylation sites is 1. The Kier molecular flexibility index (Phi) is 43.9. The molecule has 32 N–H and O–H groups in total. The predicted octanol–water partition coefficient (Wildman–Crippen LogP) is 4.61. The summed E-state index contributed by atoms with van der Waals surface area (Å²) in [5.41, 5.74) is 25.1. The number of amides is 3. The second-order valence-corrected chi connectivity index (χ2v) is 34.1. The number of aliphatic imine (C=N–C) groups is 12. The van der Waals surface area contributed by atoms with Crippen molar-refractivity contribution >= 4 is 141 Å². The number of guanidine groups is 2. The summed E-state index contributed by atoms with van der Waals surface area (Å²) in [5.74, 6) is -16.4. The van der Waals surface area contributed by atoms with Gasteiger partial charge in [0.15, 0.2) is 18.0 Å². The number of nitrogens with two attached hydrogens (primary N) is 4. The number of nitrogens with one attached hydrogen (secondary N) is 7. The van der Waals surface area contributed by atoms with Gasteiger partial charge in [0.2, 0.25) is 88.5 Å². The highest BCUT2D eigenvalue weighted by atomic mass is 32.2. The quantitative estimate of drug-likeness (QED) is 0.0144. The van der Waals surface area contributed by atoms with Gasteiger partial charge in [0.1, 0.15) is 90.8 Å². The molecule has 5 heterocycles. The molecule has 3 saturated heterocycles. The van der Waals surface area contributed by atoms with Gasteiger partial charge >= 0.3 is 11.9 Å². The Morgan fingerprint density at radius 2 is 0.964 bits per heavy atom. The molecule has 50 heteroatoms. The van der Waals surface area contributed by atoms with E-state index in [2.05, 4.69) is 85.5 Å². The van der Waals surface area contributed by atoms with Crippen molar-refractivity contribution < 1.29 is 111 Å². The molecule has 3 amide bonds. The van der Waals surface area contributed by atoms with Gasteiger partial charge in [-0.05, 0) is 150 Å². The van der Waals surface area contributed by atoms with Crippen molar-refractivity contribution in [2.24, 2.45) is 82.8 Å². The summed E-state index contributed by atoms with van der Waals surface area (Å²) < 4.78 is 0. The van der Waals surface area contributed by atoms with E-state index >= 15 is 0 Å². The lowest BCUT2D eigenvalue weighted by atomic mass is 10.0. The largest absolute Gasteiger partial charge is 0.508 e. The van der Waals surface area contributed by atoms with Crippen molar-refractivity contribution in [1.82, 2.24) is 40.3 Å². The first-order valence-corrected chi connectivity index (χ1v) is 46.7. The fourth-order valence-electron chi connectivity index (χ4n) is 15.7. The number of unbranched alkanes of at least 4 members (excludes halogenated alkanes) is 1. The molecule has 3 aromatic carbocycles. The summed E-state index contributed by atoms with van der Waals surface area (Å²) in [4.78, 5) is 132. The number of aliphatic carboxylic acids is 2. The van der Waals surface area contributed by atoms with Gasteiger partial charge in [0, 0.05) is 93.8 Å². The minimum Gasteiger partial charge on any atom is -0.508 e. The molecule has 0 aliphatic carbocycles. The molecular weight excluding hydrogens is 1830 g/mol. The van der Waals surface area contributed by atoms with Crippen molar-refractivity contribution in [3.63, 3.8) is 0 Å². The maximum Gasteiger partial charge on any atom is 0.306 e. The van der Waals surface area contributed by atoms with Crippen LogP contribution in [0.1, 0.15) is 132 Å². The number of aromatic nitrogens is 3. The van der Waals surface area contributed by atoms with Crippen molar-refractivity contribution in [3.05, 3.63) is 120 Å². The van der Waals surface area contributed by atoms with Crippen molar-refractivity contribution in [2.45, 2.75) is 219 Å². The maximum absolute atomic E-state index is 14.6. The number of nitrogens with zero attached hydrogens (tertiary/aromatic N) is 16. The number of aliphatic hydroxyl groups is 14. The molecule has 3 aliphatic heterocycles. The third kappa shape index (κ3) is 34.6. The molecule has 0 bridgehead atoms. The van der Waals surface area contributed by atoms with Crippen molar-refractivity contribution in [1.29, 1.82) is 16.2 Å². The third-order valence-electron chi connectivity index (χ3n) is 22.9. The summed E-state index contributed by atoms with van der Waals surface area (Å²) in [6, 6.07) is 0.613. The lowest BCUT2D eigenvalue weighted by Crippen LogP contribution is -2.53. The van der Waals surface area contributed by atoms with Gasteiger partial charge in [-0.2, -0.15) is 11.8 Å². The lowest BCUT2D eigenvalue weighted by Gasteiger charge is -2.32. The first kappa shape index (κ1) is 110. The number of rotatable bonds is 57. The number of hydrogen-bond donors (Lipinski definition) is 28. The van der Waals surface area contributed by atoms with Gasteiger partial charge in [0.05, 0.1) is 25.9 Å². The van der Waals surface area contributed by atoms with Gasteiger partial charge in [-0.25, -0.2) is 64.9 Å². The number of phenolic OH excluding ortho intramolecular Hbond substituents is 1. The summed E-state index contributed by atoms with van der Waals surface area (Å²) in [5, 5.41) is 223. The topological polar surface area (TPSA) is 831 Å². The van der Waals surface area contributed by atoms with Crippen LogP contribution < -0.4 is 33.6 Å². The molecule has 0 radical (unpaired) electrons. The second kappa shape index (κ2) is 55.6. The number of fused-ring (bicyclic) bond motifs is 1. The Labute approximate surface area is 803 Å². The number of likely N-dealkylation sites (tertiary alicyclic amines) is 3. The standard InChI is InChI=1S/C89H127N27O22S/c1-139-37-30-60(107-76(127)57(19-9-32-98-88(93)94)104-82(133)63(39-50-24-26-53(118)27-25-50)113-84(135)67-21-11-34-114(67)71(120)43-91)80(131)106-59(28-29-72(121)122)79(130)112-65(41-52-45-97-48-102-52)83(134)110-62(38-49-14-3-2-4-15-49)81(132)105-58(20-10-33-99-89(95)96)78(129)111-64(40-51-44-100-55-17-6-5-16-54(51)55)75(126)101-46-70(119)103-66(47-117)86(137)116-36-13-23-69(116)87(138)115-35-12-22-68(115)85(136)108-56(18-7-8-31-90)77(128)109-61(74(92)125)42-73(123)124/h2-6,14-17,24-27,44-45,48,56-69,100,117-118H,7-13,18-23,28-43,46-47,90-91H2,1H3,(H2,92,125)(H,97,102)(H,101,126)(H,103,119)(H,104,133)(H,105,132)(H,106,131)(H,107,127)(H,108,136)(H,109,128)(H,110,134)(H,111,129)(H,112,130)(H,113,135)(H,121,122)(H,123,124)(H4,93,94,98)(H4,95,96,99). The number of carbonyl (C=O) groups is 5. The van der Waals surface area contributed by atoms with Crippen LogP contribution in [0.2, 0.25) is 0 Å². The first-order chi connectivity index (χ1) is 66.5. The number of carboxylic acid groups (broad SMARTS) is 2. The van der Waals surface area contributed by atoms with E-state index in [1.807, 2.05) is 0 Å². The molecule has 2 aromatic heterocycles. The molecule has 8 rings (SSSR count). The normalized spacial score (nSPS) is 19.0. The maximum atomic E-state index is 14.6. The average Bonchev–Trinajstić information content (AvgIpc) is 1.66. The van der Waals surface area contributed by atoms with Crippen LogP contribution in [0.3, 0.4) is 0 Å². The number of carboxylic acids is 2. The molecule has 0 spiro atoms. The van der Waals surface area contributed by atoms with E-state index in [-0.39, 0.29) is 146 Å². The smallest absolute Gasteiger partial charge is 0.306 e. The van der Waals surface area contributed by atoms with Crippen molar-refractivity contribution in [3.8, 4) is 5.75 Å². The fourth-order valence-corrected chi connectivity index (χ4v) is 16.2. The van der Waals surface area contributed by atoms with Crippen LogP contribution in [0.15, 0.2) is 157 Å². The fraction of sp³-hybridized carbons (Fsp3) is 0.517. The second-order valence-electron chi connectivity index (χ2n) is 33.1. The molecular formula is C89H127N27O22S. The van der Waals surface area contributed by atoms with Crippen molar-refractivity contribution in [2.75, 3.05) is 71.0 Å². The van der Waals surface area contributed by atoms with Gasteiger partial charge in [-0.15, -0.1) is 0 Å². The lowest BCUT2D eigenvalue weighted by molar-refractivity contribution is -0.144. The summed E-state index contributed by atoms with van der Waals surface area (Å²) in [6.45, 7) is -1.64. The van der Waals surface area contributed by atoms with Gasteiger partial charge in [-0.3, -0.25) is 40.2 Å². The Morgan fingerprint density at radius 1 is 0.496 bits per heavy atom. The number of phenols is 1. The molecule has 3 aliphatic rings. The number of H-pyrrole nitrogens is 2. The van der Waals surface area contributed by atoms with Crippen LogP contribution in [0.4, 0.5) is 0 Å². The first-order valence-electron chi connectivity index (χ1n) is 45.3. The van der Waals surface area contributed by atoms with Crippen LogP contribution in [0.25, 0.3) is 10.9 Å². The SMILES string of the molecule is CSCCC(N=C(O)C(CCCNC(=N)N)N=C(O)C(Cc1ccc(O)cc1)N=C(O)C1CCCN1C(=O)CN)C(O)=NC(CCC(=O)O)C(O)=NC(Cc1cnc[nH]1)C(O)=NC(Cc1ccccc1)C(O)=NC(CCCNC(=N)N)C(O)=NC(Cc1c[nH]c2ccccc12)C(O)=NCC(O)=NC(CO)C(=O)N1CCCC1C(=O)N1CCCC1C(O)=NC(CCCCN)C(O)=NC(CC(=O)O)C(=N)O. The number of carbonyl (C=O) groups excluding carboxylic acids is 3. The Bertz CT molecular complexity index is 5320. The average molecular weight is 1960 g/mol. The zero-order valence-corrected chi connectivity index (χ0v) is 77.6. The number of aromatic amines is 2. The minimum atomic E-state index is -1.78. The van der Waals surface area contributed by atoms with Gasteiger partial charge in [0.25, 0.3) is 5.91 Å². The number of aromatic hydroxyl groups is 1.